The average molecular weight is 313 g/mol. The molecule has 118 valence electrons. The molecular formula is C14H23N3O3S. The van der Waals surface area contributed by atoms with Crippen LogP contribution in [0.5, 0.6) is 0 Å². The summed E-state index contributed by atoms with van der Waals surface area (Å²) in [6, 6.07) is 1.47. The van der Waals surface area contributed by atoms with Gasteiger partial charge in [-0.05, 0) is 31.7 Å². The Morgan fingerprint density at radius 1 is 1.24 bits per heavy atom. The lowest BCUT2D eigenvalue weighted by Gasteiger charge is -2.36. The fourth-order valence-electron chi connectivity index (χ4n) is 3.82. The van der Waals surface area contributed by atoms with Gasteiger partial charge in [0.1, 0.15) is 0 Å². The van der Waals surface area contributed by atoms with Crippen molar-refractivity contribution in [1.29, 1.82) is 0 Å². The number of sulfonamides is 1. The lowest BCUT2D eigenvalue weighted by atomic mass is 9.81. The molecule has 1 saturated carbocycles. The lowest BCUT2D eigenvalue weighted by Crippen LogP contribution is -2.45. The average Bonchev–Trinajstić information content (AvgIpc) is 3.08. The Balaban J connectivity index is 1.88. The molecule has 1 aliphatic heterocycles. The van der Waals surface area contributed by atoms with Crippen LogP contribution in [-0.4, -0.2) is 46.3 Å². The monoisotopic (exact) mass is 313 g/mol. The second kappa shape index (κ2) is 5.70. The molecule has 7 heteroatoms. The Morgan fingerprint density at radius 2 is 2.00 bits per heavy atom. The largest absolute Gasteiger partial charge is 0.393 e. The van der Waals surface area contributed by atoms with Crippen molar-refractivity contribution in [2.75, 3.05) is 6.54 Å². The Kier molecular flexibility index (Phi) is 4.07. The molecule has 2 heterocycles. The van der Waals surface area contributed by atoms with Crippen LogP contribution in [0, 0.1) is 5.92 Å². The van der Waals surface area contributed by atoms with E-state index >= 15 is 0 Å². The third kappa shape index (κ3) is 2.62. The van der Waals surface area contributed by atoms with E-state index in [1.807, 2.05) is 0 Å². The van der Waals surface area contributed by atoms with E-state index in [4.69, 9.17) is 0 Å². The Labute approximate surface area is 125 Å². The fourth-order valence-corrected chi connectivity index (χ4v) is 5.66. The van der Waals surface area contributed by atoms with Crippen molar-refractivity contribution in [1.82, 2.24) is 14.1 Å². The maximum absolute atomic E-state index is 12.9. The van der Waals surface area contributed by atoms with Crippen LogP contribution in [0.25, 0.3) is 0 Å². The number of aryl methyl sites for hydroxylation is 1. The first-order chi connectivity index (χ1) is 10.0. The third-order valence-electron chi connectivity index (χ3n) is 4.87. The fraction of sp³-hybridized carbons (Fsp3) is 0.786. The summed E-state index contributed by atoms with van der Waals surface area (Å²) in [6.45, 7) is 0.543. The zero-order chi connectivity index (χ0) is 15.0. The molecule has 1 saturated heterocycles. The van der Waals surface area contributed by atoms with Gasteiger partial charge in [0, 0.05) is 25.6 Å². The zero-order valence-electron chi connectivity index (χ0n) is 12.4. The normalized spacial score (nSPS) is 31.6. The van der Waals surface area contributed by atoms with Gasteiger partial charge in [-0.15, -0.1) is 0 Å². The number of hydrogen-bond donors (Lipinski definition) is 1. The Morgan fingerprint density at radius 3 is 2.67 bits per heavy atom. The lowest BCUT2D eigenvalue weighted by molar-refractivity contribution is 0.0386. The number of aliphatic hydroxyl groups is 1. The number of aliphatic hydroxyl groups excluding tert-OH is 1. The second-order valence-corrected chi connectivity index (χ2v) is 7.97. The van der Waals surface area contributed by atoms with Gasteiger partial charge in [0.15, 0.2) is 5.03 Å². The minimum atomic E-state index is -3.53. The van der Waals surface area contributed by atoms with Crippen molar-refractivity contribution in [3.8, 4) is 0 Å². The number of nitrogens with zero attached hydrogens (tertiary/aromatic N) is 3. The van der Waals surface area contributed by atoms with Gasteiger partial charge >= 0.3 is 0 Å². The molecule has 3 rings (SSSR count). The molecule has 0 spiro atoms. The van der Waals surface area contributed by atoms with Crippen molar-refractivity contribution in [3.63, 3.8) is 0 Å². The van der Waals surface area contributed by atoms with Crippen molar-refractivity contribution < 1.29 is 13.5 Å². The van der Waals surface area contributed by atoms with Gasteiger partial charge in [-0.2, -0.15) is 9.40 Å². The summed E-state index contributed by atoms with van der Waals surface area (Å²) in [4.78, 5) is 0. The van der Waals surface area contributed by atoms with Crippen LogP contribution in [0.15, 0.2) is 17.3 Å². The summed E-state index contributed by atoms with van der Waals surface area (Å²) >= 11 is 0. The van der Waals surface area contributed by atoms with Crippen LogP contribution in [0.4, 0.5) is 0 Å². The maximum atomic E-state index is 12.9. The van der Waals surface area contributed by atoms with Crippen molar-refractivity contribution in [2.24, 2.45) is 13.0 Å². The predicted molar refractivity (Wildman–Crippen MR) is 78.1 cm³/mol. The van der Waals surface area contributed by atoms with E-state index in [9.17, 15) is 13.5 Å². The predicted octanol–water partition coefficient (Wildman–Crippen LogP) is 1.12. The van der Waals surface area contributed by atoms with Gasteiger partial charge in [0.2, 0.25) is 0 Å². The van der Waals surface area contributed by atoms with E-state index < -0.39 is 10.0 Å². The van der Waals surface area contributed by atoms with Crippen LogP contribution in [0.2, 0.25) is 0 Å². The molecule has 0 amide bonds. The van der Waals surface area contributed by atoms with Gasteiger partial charge < -0.3 is 5.11 Å². The van der Waals surface area contributed by atoms with Crippen LogP contribution in [-0.2, 0) is 17.1 Å². The molecule has 1 aliphatic carbocycles. The van der Waals surface area contributed by atoms with Gasteiger partial charge in [0.25, 0.3) is 10.0 Å². The van der Waals surface area contributed by atoms with E-state index in [0.717, 1.165) is 38.5 Å². The smallest absolute Gasteiger partial charge is 0.260 e. The summed E-state index contributed by atoms with van der Waals surface area (Å²) in [5, 5.41) is 14.5. The molecule has 3 atom stereocenters. The van der Waals surface area contributed by atoms with Gasteiger partial charge in [-0.3, -0.25) is 4.68 Å². The molecule has 3 unspecified atom stereocenters. The molecular weight excluding hydrogens is 290 g/mol. The summed E-state index contributed by atoms with van der Waals surface area (Å²) in [7, 11) is -1.88. The highest BCUT2D eigenvalue weighted by molar-refractivity contribution is 7.89. The first kappa shape index (κ1) is 15.0. The SMILES string of the molecule is Cn1nccc1S(=O)(=O)N1CCCC1C1CCCCC1O. The Bertz CT molecular complexity index is 598. The van der Waals surface area contributed by atoms with Gasteiger partial charge in [-0.1, -0.05) is 12.8 Å². The van der Waals surface area contributed by atoms with E-state index in [1.54, 1.807) is 17.4 Å². The molecule has 0 radical (unpaired) electrons. The first-order valence-corrected chi connectivity index (χ1v) is 9.14. The molecule has 2 fully saturated rings. The Hall–Kier alpha value is -0.920. The van der Waals surface area contributed by atoms with E-state index in [-0.39, 0.29) is 23.1 Å². The minimum absolute atomic E-state index is 0.0693. The third-order valence-corrected chi connectivity index (χ3v) is 6.87. The maximum Gasteiger partial charge on any atom is 0.260 e. The van der Waals surface area contributed by atoms with Crippen LogP contribution < -0.4 is 0 Å². The first-order valence-electron chi connectivity index (χ1n) is 7.70. The molecule has 0 aromatic carbocycles. The number of hydrogen-bond acceptors (Lipinski definition) is 4. The van der Waals surface area contributed by atoms with Crippen molar-refractivity contribution in [3.05, 3.63) is 12.3 Å². The van der Waals surface area contributed by atoms with Gasteiger partial charge in [-0.25, -0.2) is 8.42 Å². The molecule has 1 aromatic rings. The molecule has 2 aliphatic rings. The highest BCUT2D eigenvalue weighted by Crippen LogP contribution is 2.37. The highest BCUT2D eigenvalue weighted by atomic mass is 32.2. The topological polar surface area (TPSA) is 75.4 Å². The van der Waals surface area contributed by atoms with Crippen LogP contribution in [0.3, 0.4) is 0 Å². The van der Waals surface area contributed by atoms with Crippen LogP contribution in [0.1, 0.15) is 38.5 Å². The molecule has 1 aromatic heterocycles. The van der Waals surface area contributed by atoms with E-state index in [0.29, 0.717) is 6.54 Å². The number of aromatic nitrogens is 2. The molecule has 21 heavy (non-hydrogen) atoms. The van der Waals surface area contributed by atoms with Crippen LogP contribution >= 0.6 is 0 Å². The van der Waals surface area contributed by atoms with E-state index in [1.165, 1.54) is 10.9 Å². The zero-order valence-corrected chi connectivity index (χ0v) is 13.2. The van der Waals surface area contributed by atoms with Crippen molar-refractivity contribution >= 4 is 10.0 Å². The molecule has 6 nitrogen and oxygen atoms in total. The summed E-state index contributed by atoms with van der Waals surface area (Å²) < 4.78 is 28.7. The molecule has 0 bridgehead atoms. The molecule has 1 N–H and O–H groups in total. The second-order valence-electron chi connectivity index (χ2n) is 6.13. The van der Waals surface area contributed by atoms with Crippen molar-refractivity contribution in [2.45, 2.75) is 55.7 Å². The highest BCUT2D eigenvalue weighted by Gasteiger charge is 2.43. The summed E-state index contributed by atoms with van der Waals surface area (Å²) in [6.07, 6.45) is 6.68. The van der Waals surface area contributed by atoms with Gasteiger partial charge in [0.05, 0.1) is 12.3 Å². The number of rotatable bonds is 3. The standard InChI is InChI=1S/C14H23N3O3S/c1-16-14(8-9-15-16)21(19,20)17-10-4-6-12(17)11-5-2-3-7-13(11)18/h8-9,11-13,18H,2-7,10H2,1H3. The quantitative estimate of drug-likeness (QED) is 0.907. The summed E-state index contributed by atoms with van der Waals surface area (Å²) in [5.41, 5.74) is 0. The minimum Gasteiger partial charge on any atom is -0.393 e. The van der Waals surface area contributed by atoms with E-state index in [2.05, 4.69) is 5.10 Å². The summed E-state index contributed by atoms with van der Waals surface area (Å²) in [5.74, 6) is 0.0734.